The van der Waals surface area contributed by atoms with Crippen molar-refractivity contribution in [1.82, 2.24) is 19.8 Å². The summed E-state index contributed by atoms with van der Waals surface area (Å²) in [6.45, 7) is 1.82. The number of hydrogen-bond acceptors (Lipinski definition) is 5. The zero-order chi connectivity index (χ0) is 18.1. The standard InChI is InChI=1S/C18H22N4O4/c23-16(24)7-6-12-10-13-11-21(8-3-9-22(13)19-12)18(25)17-14-4-1-2-5-15(14)20-26-17/h10H,1-9,11H2,(H,23,24). The Morgan fingerprint density at radius 3 is 2.88 bits per heavy atom. The van der Waals surface area contributed by atoms with Gasteiger partial charge in [0.25, 0.3) is 5.91 Å². The number of aromatic nitrogens is 3. The lowest BCUT2D eigenvalue weighted by molar-refractivity contribution is -0.136. The Morgan fingerprint density at radius 2 is 2.04 bits per heavy atom. The molecule has 1 aliphatic carbocycles. The minimum atomic E-state index is -0.833. The zero-order valence-corrected chi connectivity index (χ0v) is 14.6. The largest absolute Gasteiger partial charge is 0.481 e. The fourth-order valence-corrected chi connectivity index (χ4v) is 3.75. The first-order valence-corrected chi connectivity index (χ1v) is 9.16. The summed E-state index contributed by atoms with van der Waals surface area (Å²) in [5.41, 5.74) is 3.59. The van der Waals surface area contributed by atoms with Gasteiger partial charge in [-0.1, -0.05) is 5.16 Å². The molecule has 1 aliphatic heterocycles. The highest BCUT2D eigenvalue weighted by atomic mass is 16.5. The van der Waals surface area contributed by atoms with Crippen LogP contribution in [-0.4, -0.2) is 43.4 Å². The Kier molecular flexibility index (Phi) is 4.48. The van der Waals surface area contributed by atoms with E-state index in [0.717, 1.165) is 61.3 Å². The fourth-order valence-electron chi connectivity index (χ4n) is 3.75. The first-order chi connectivity index (χ1) is 12.6. The minimum Gasteiger partial charge on any atom is -0.481 e. The lowest BCUT2D eigenvalue weighted by Gasteiger charge is -2.19. The molecule has 1 N–H and O–H groups in total. The topological polar surface area (TPSA) is 101 Å². The van der Waals surface area contributed by atoms with Gasteiger partial charge >= 0.3 is 5.97 Å². The Balaban J connectivity index is 1.52. The molecule has 8 nitrogen and oxygen atoms in total. The first kappa shape index (κ1) is 16.8. The number of aryl methyl sites for hydroxylation is 3. The normalized spacial score (nSPS) is 16.7. The monoisotopic (exact) mass is 358 g/mol. The molecule has 2 aromatic heterocycles. The molecular weight excluding hydrogens is 336 g/mol. The lowest BCUT2D eigenvalue weighted by Crippen LogP contribution is -2.31. The van der Waals surface area contributed by atoms with Gasteiger partial charge in [-0.2, -0.15) is 5.10 Å². The van der Waals surface area contributed by atoms with Gasteiger partial charge in [-0.25, -0.2) is 0 Å². The van der Waals surface area contributed by atoms with Crippen LogP contribution in [-0.2, 0) is 37.1 Å². The zero-order valence-electron chi connectivity index (χ0n) is 14.6. The van der Waals surface area contributed by atoms with Crippen LogP contribution < -0.4 is 0 Å². The number of amides is 1. The highest BCUT2D eigenvalue weighted by Crippen LogP contribution is 2.26. The van der Waals surface area contributed by atoms with E-state index < -0.39 is 5.97 Å². The number of carboxylic acid groups (broad SMARTS) is 1. The summed E-state index contributed by atoms with van der Waals surface area (Å²) >= 11 is 0. The van der Waals surface area contributed by atoms with Crippen molar-refractivity contribution in [1.29, 1.82) is 0 Å². The summed E-state index contributed by atoms with van der Waals surface area (Å²) in [7, 11) is 0. The molecule has 0 saturated carbocycles. The van der Waals surface area contributed by atoms with Crippen LogP contribution in [0.2, 0.25) is 0 Å². The van der Waals surface area contributed by atoms with Crippen molar-refractivity contribution in [2.75, 3.05) is 6.54 Å². The molecule has 2 aliphatic rings. The smallest absolute Gasteiger partial charge is 0.303 e. The Morgan fingerprint density at radius 1 is 1.19 bits per heavy atom. The number of rotatable bonds is 4. The summed E-state index contributed by atoms with van der Waals surface area (Å²) < 4.78 is 7.29. The van der Waals surface area contributed by atoms with Crippen LogP contribution in [0.25, 0.3) is 0 Å². The molecule has 0 radical (unpaired) electrons. The van der Waals surface area contributed by atoms with Crippen LogP contribution in [0.1, 0.15) is 58.9 Å². The highest BCUT2D eigenvalue weighted by Gasteiger charge is 2.29. The summed E-state index contributed by atoms with van der Waals surface area (Å²) in [6, 6.07) is 1.91. The van der Waals surface area contributed by atoms with Crippen LogP contribution in [0.4, 0.5) is 0 Å². The summed E-state index contributed by atoms with van der Waals surface area (Å²) in [5.74, 6) is -0.554. The molecule has 0 saturated heterocycles. The molecule has 26 heavy (non-hydrogen) atoms. The van der Waals surface area contributed by atoms with E-state index in [-0.39, 0.29) is 12.3 Å². The number of carbonyl (C=O) groups is 2. The number of aliphatic carboxylic acids is 1. The highest BCUT2D eigenvalue weighted by molar-refractivity contribution is 5.93. The maximum absolute atomic E-state index is 13.0. The molecule has 3 heterocycles. The average molecular weight is 358 g/mol. The third-order valence-corrected chi connectivity index (χ3v) is 5.10. The molecule has 0 fully saturated rings. The van der Waals surface area contributed by atoms with Crippen molar-refractivity contribution in [3.05, 3.63) is 34.5 Å². The minimum absolute atomic E-state index is 0.0588. The molecule has 1 amide bonds. The van der Waals surface area contributed by atoms with Crippen molar-refractivity contribution in [2.24, 2.45) is 0 Å². The second-order valence-electron chi connectivity index (χ2n) is 6.97. The maximum atomic E-state index is 13.0. The first-order valence-electron chi connectivity index (χ1n) is 9.16. The van der Waals surface area contributed by atoms with Crippen LogP contribution in [0.5, 0.6) is 0 Å². The van der Waals surface area contributed by atoms with Crippen molar-refractivity contribution in [3.8, 4) is 0 Å². The summed E-state index contributed by atoms with van der Waals surface area (Å²) in [5, 5.41) is 17.4. The molecule has 0 spiro atoms. The number of carbonyl (C=O) groups excluding carboxylic acids is 1. The number of carboxylic acids is 1. The van der Waals surface area contributed by atoms with E-state index in [2.05, 4.69) is 10.3 Å². The molecule has 0 bridgehead atoms. The summed E-state index contributed by atoms with van der Waals surface area (Å²) in [6.07, 6.45) is 5.15. The van der Waals surface area contributed by atoms with Gasteiger partial charge in [-0.05, 0) is 38.2 Å². The third kappa shape index (κ3) is 3.23. The average Bonchev–Trinajstić information content (AvgIpc) is 3.17. The molecular formula is C18H22N4O4. The van der Waals surface area contributed by atoms with Gasteiger partial charge < -0.3 is 14.5 Å². The van der Waals surface area contributed by atoms with Gasteiger partial charge in [0.1, 0.15) is 0 Å². The fraction of sp³-hybridized carbons (Fsp3) is 0.556. The number of fused-ring (bicyclic) bond motifs is 2. The van der Waals surface area contributed by atoms with E-state index in [4.69, 9.17) is 9.63 Å². The lowest BCUT2D eigenvalue weighted by atomic mass is 9.96. The SMILES string of the molecule is O=C(O)CCc1cc2n(n1)CCCN(C(=O)c1onc3c1CCCC3)C2. The Labute approximate surface area is 150 Å². The molecule has 4 rings (SSSR count). The molecule has 0 unspecified atom stereocenters. The summed E-state index contributed by atoms with van der Waals surface area (Å²) in [4.78, 5) is 25.5. The van der Waals surface area contributed by atoms with Crippen molar-refractivity contribution in [2.45, 2.75) is 58.0 Å². The van der Waals surface area contributed by atoms with E-state index in [9.17, 15) is 9.59 Å². The van der Waals surface area contributed by atoms with Crippen LogP contribution in [0, 0.1) is 0 Å². The van der Waals surface area contributed by atoms with E-state index in [1.54, 1.807) is 4.90 Å². The molecule has 138 valence electrons. The molecule has 0 atom stereocenters. The third-order valence-electron chi connectivity index (χ3n) is 5.10. The van der Waals surface area contributed by atoms with E-state index in [1.807, 2.05) is 10.7 Å². The van der Waals surface area contributed by atoms with Gasteiger partial charge in [-0.15, -0.1) is 0 Å². The second-order valence-corrected chi connectivity index (χ2v) is 6.97. The van der Waals surface area contributed by atoms with Crippen molar-refractivity contribution >= 4 is 11.9 Å². The molecule has 0 aromatic carbocycles. The van der Waals surface area contributed by atoms with Gasteiger partial charge in [0.2, 0.25) is 5.76 Å². The van der Waals surface area contributed by atoms with E-state index in [0.29, 0.717) is 25.3 Å². The van der Waals surface area contributed by atoms with E-state index >= 15 is 0 Å². The van der Waals surface area contributed by atoms with Gasteiger partial charge in [0.15, 0.2) is 0 Å². The second kappa shape index (κ2) is 6.93. The van der Waals surface area contributed by atoms with Crippen molar-refractivity contribution < 1.29 is 19.2 Å². The predicted octanol–water partition coefficient (Wildman–Crippen LogP) is 1.81. The van der Waals surface area contributed by atoms with Gasteiger partial charge in [-0.3, -0.25) is 14.3 Å². The number of nitrogens with zero attached hydrogens (tertiary/aromatic N) is 4. The van der Waals surface area contributed by atoms with Gasteiger partial charge in [0.05, 0.1) is 30.0 Å². The van der Waals surface area contributed by atoms with Crippen LogP contribution in [0.3, 0.4) is 0 Å². The maximum Gasteiger partial charge on any atom is 0.303 e. The quantitative estimate of drug-likeness (QED) is 0.894. The Hall–Kier alpha value is -2.64. The van der Waals surface area contributed by atoms with E-state index in [1.165, 1.54) is 0 Å². The Bertz CT molecular complexity index is 838. The molecule has 2 aromatic rings. The van der Waals surface area contributed by atoms with Crippen molar-refractivity contribution in [3.63, 3.8) is 0 Å². The number of hydrogen-bond donors (Lipinski definition) is 1. The van der Waals surface area contributed by atoms with Crippen LogP contribution in [0.15, 0.2) is 10.6 Å². The van der Waals surface area contributed by atoms with Gasteiger partial charge in [0, 0.05) is 25.1 Å². The molecule has 8 heteroatoms. The predicted molar refractivity (Wildman–Crippen MR) is 90.7 cm³/mol. The van der Waals surface area contributed by atoms with Crippen LogP contribution >= 0.6 is 0 Å².